The number of non-ortho nitro benzene ring substituents is 1. The lowest BCUT2D eigenvalue weighted by molar-refractivity contribution is -0.384. The summed E-state index contributed by atoms with van der Waals surface area (Å²) in [6.07, 6.45) is -2.74. The Morgan fingerprint density at radius 1 is 1.48 bits per heavy atom. The monoisotopic (exact) mass is 304 g/mol. The largest absolute Gasteiger partial charge is 0.478 e. The van der Waals surface area contributed by atoms with Gasteiger partial charge in [-0.05, 0) is 12.1 Å². The van der Waals surface area contributed by atoms with Gasteiger partial charge in [-0.2, -0.15) is 13.2 Å². The standard InChI is InChI=1S/C12H11F3N2O4/c1-16(7-12(13,14)15)10-4-3-9(17(20)21)6-8(10)2-5-11(18)19/h2-6H,7H2,1H3,(H,18,19)/b5-2+. The van der Waals surface area contributed by atoms with Crippen LogP contribution in [0.1, 0.15) is 5.56 Å². The van der Waals surface area contributed by atoms with E-state index in [0.717, 1.165) is 36.2 Å². The van der Waals surface area contributed by atoms with Gasteiger partial charge in [-0.1, -0.05) is 0 Å². The predicted octanol–water partition coefficient (Wildman–Crippen LogP) is 2.69. The first kappa shape index (κ1) is 16.5. The summed E-state index contributed by atoms with van der Waals surface area (Å²) in [5.74, 6) is -1.31. The second kappa shape index (κ2) is 6.25. The highest BCUT2D eigenvalue weighted by Gasteiger charge is 2.30. The summed E-state index contributed by atoms with van der Waals surface area (Å²) in [5.41, 5.74) is -0.294. The van der Waals surface area contributed by atoms with Gasteiger partial charge in [-0.25, -0.2) is 4.79 Å². The van der Waals surface area contributed by atoms with Crippen molar-refractivity contribution in [2.75, 3.05) is 18.5 Å². The molecule has 0 aromatic heterocycles. The molecule has 0 aliphatic heterocycles. The molecule has 0 bridgehead atoms. The summed E-state index contributed by atoms with van der Waals surface area (Å²) in [6.45, 7) is -1.27. The van der Waals surface area contributed by atoms with E-state index < -0.39 is 23.6 Å². The summed E-state index contributed by atoms with van der Waals surface area (Å²) in [6, 6.07) is 3.22. The molecule has 0 heterocycles. The van der Waals surface area contributed by atoms with Crippen LogP contribution < -0.4 is 4.90 Å². The summed E-state index contributed by atoms with van der Waals surface area (Å²) >= 11 is 0. The second-order valence-corrected chi connectivity index (χ2v) is 4.14. The number of nitrogens with zero attached hydrogens (tertiary/aromatic N) is 2. The molecular formula is C12H11F3N2O4. The number of nitro groups is 1. The molecule has 0 amide bonds. The number of carboxylic acid groups (broad SMARTS) is 1. The van der Waals surface area contributed by atoms with Crippen LogP contribution in [0.5, 0.6) is 0 Å². The van der Waals surface area contributed by atoms with Crippen molar-refractivity contribution in [3.05, 3.63) is 40.0 Å². The zero-order valence-corrected chi connectivity index (χ0v) is 10.8. The highest BCUT2D eigenvalue weighted by molar-refractivity contribution is 5.87. The van der Waals surface area contributed by atoms with Crippen LogP contribution in [0.4, 0.5) is 24.5 Å². The number of aliphatic carboxylic acids is 1. The smallest absolute Gasteiger partial charge is 0.405 e. The Morgan fingerprint density at radius 3 is 2.57 bits per heavy atom. The predicted molar refractivity (Wildman–Crippen MR) is 69.1 cm³/mol. The van der Waals surface area contributed by atoms with Crippen LogP contribution >= 0.6 is 0 Å². The van der Waals surface area contributed by atoms with Crippen molar-refractivity contribution in [1.82, 2.24) is 0 Å². The van der Waals surface area contributed by atoms with Crippen molar-refractivity contribution < 1.29 is 28.0 Å². The third kappa shape index (κ3) is 5.13. The van der Waals surface area contributed by atoms with Gasteiger partial charge in [-0.15, -0.1) is 0 Å². The first-order valence-corrected chi connectivity index (χ1v) is 5.57. The maximum absolute atomic E-state index is 12.4. The van der Waals surface area contributed by atoms with Gasteiger partial charge in [0.2, 0.25) is 0 Å². The molecule has 114 valence electrons. The molecule has 9 heteroatoms. The highest BCUT2D eigenvalue weighted by atomic mass is 19.4. The van der Waals surface area contributed by atoms with Crippen molar-refractivity contribution in [3.63, 3.8) is 0 Å². The van der Waals surface area contributed by atoms with Crippen LogP contribution in [0.2, 0.25) is 0 Å². The Balaban J connectivity index is 3.23. The van der Waals surface area contributed by atoms with E-state index in [-0.39, 0.29) is 16.9 Å². The number of rotatable bonds is 5. The van der Waals surface area contributed by atoms with Gasteiger partial charge >= 0.3 is 12.1 Å². The summed E-state index contributed by atoms with van der Waals surface area (Å²) < 4.78 is 37.1. The van der Waals surface area contributed by atoms with Crippen LogP contribution in [0, 0.1) is 10.1 Å². The van der Waals surface area contributed by atoms with Gasteiger partial charge in [0.15, 0.2) is 0 Å². The number of nitro benzene ring substituents is 1. The molecule has 0 unspecified atom stereocenters. The van der Waals surface area contributed by atoms with E-state index >= 15 is 0 Å². The summed E-state index contributed by atoms with van der Waals surface area (Å²) in [5, 5.41) is 19.2. The zero-order valence-electron chi connectivity index (χ0n) is 10.8. The lowest BCUT2D eigenvalue weighted by Gasteiger charge is -2.22. The molecule has 1 aromatic carbocycles. The van der Waals surface area contributed by atoms with Gasteiger partial charge < -0.3 is 10.0 Å². The number of anilines is 1. The average molecular weight is 304 g/mol. The third-order valence-electron chi connectivity index (χ3n) is 2.46. The number of alkyl halides is 3. The van der Waals surface area contributed by atoms with Crippen LogP contribution in [-0.2, 0) is 4.79 Å². The van der Waals surface area contributed by atoms with E-state index in [1.807, 2.05) is 0 Å². The number of hydrogen-bond donors (Lipinski definition) is 1. The van der Waals surface area contributed by atoms with Crippen LogP contribution in [-0.4, -0.2) is 35.8 Å². The minimum Gasteiger partial charge on any atom is -0.478 e. The second-order valence-electron chi connectivity index (χ2n) is 4.14. The van der Waals surface area contributed by atoms with E-state index in [1.165, 1.54) is 0 Å². The number of benzene rings is 1. The normalized spacial score (nSPS) is 11.6. The van der Waals surface area contributed by atoms with Crippen molar-refractivity contribution in [2.45, 2.75) is 6.18 Å². The van der Waals surface area contributed by atoms with Gasteiger partial charge in [0.1, 0.15) is 6.54 Å². The van der Waals surface area contributed by atoms with Crippen molar-refractivity contribution in [3.8, 4) is 0 Å². The highest BCUT2D eigenvalue weighted by Crippen LogP contribution is 2.28. The SMILES string of the molecule is CN(CC(F)(F)F)c1ccc([N+](=O)[O-])cc1/C=C/C(=O)O. The minimum absolute atomic E-state index is 0.0124. The van der Waals surface area contributed by atoms with Crippen molar-refractivity contribution >= 4 is 23.4 Å². The van der Waals surface area contributed by atoms with E-state index in [0.29, 0.717) is 6.08 Å². The molecular weight excluding hydrogens is 293 g/mol. The first-order chi connectivity index (χ1) is 9.60. The Hall–Kier alpha value is -2.58. The minimum atomic E-state index is -4.45. The van der Waals surface area contributed by atoms with E-state index in [4.69, 9.17) is 5.11 Å². The molecule has 0 aliphatic carbocycles. The fraction of sp³-hybridized carbons (Fsp3) is 0.250. The fourth-order valence-electron chi connectivity index (χ4n) is 1.65. The molecule has 0 saturated carbocycles. The molecule has 21 heavy (non-hydrogen) atoms. The van der Waals surface area contributed by atoms with E-state index in [2.05, 4.69) is 0 Å². The Labute approximate surface area is 117 Å². The lowest BCUT2D eigenvalue weighted by atomic mass is 10.1. The molecule has 1 aromatic rings. The Kier molecular flexibility index (Phi) is 4.90. The summed E-state index contributed by atoms with van der Waals surface area (Å²) in [7, 11) is 1.16. The maximum Gasteiger partial charge on any atom is 0.405 e. The quantitative estimate of drug-likeness (QED) is 0.513. The van der Waals surface area contributed by atoms with E-state index in [9.17, 15) is 28.1 Å². The molecule has 0 aliphatic rings. The van der Waals surface area contributed by atoms with Crippen molar-refractivity contribution in [1.29, 1.82) is 0 Å². The molecule has 0 spiro atoms. The van der Waals surface area contributed by atoms with Crippen LogP contribution in [0.3, 0.4) is 0 Å². The van der Waals surface area contributed by atoms with Crippen molar-refractivity contribution in [2.24, 2.45) is 0 Å². The van der Waals surface area contributed by atoms with Gasteiger partial charge in [-0.3, -0.25) is 10.1 Å². The molecule has 0 saturated heterocycles. The lowest BCUT2D eigenvalue weighted by Crippen LogP contribution is -2.31. The van der Waals surface area contributed by atoms with Gasteiger partial charge in [0.25, 0.3) is 5.69 Å². The Bertz CT molecular complexity index is 584. The van der Waals surface area contributed by atoms with Crippen LogP contribution in [0.25, 0.3) is 6.08 Å². The van der Waals surface area contributed by atoms with Gasteiger partial charge in [0.05, 0.1) is 4.92 Å². The molecule has 1 rings (SSSR count). The first-order valence-electron chi connectivity index (χ1n) is 5.57. The maximum atomic E-state index is 12.4. The van der Waals surface area contributed by atoms with Crippen LogP contribution in [0.15, 0.2) is 24.3 Å². The molecule has 6 nitrogen and oxygen atoms in total. The average Bonchev–Trinajstić information content (AvgIpc) is 2.33. The zero-order chi connectivity index (χ0) is 16.2. The Morgan fingerprint density at radius 2 is 2.10 bits per heavy atom. The molecule has 1 N–H and O–H groups in total. The van der Waals surface area contributed by atoms with E-state index in [1.54, 1.807) is 0 Å². The number of carboxylic acids is 1. The fourth-order valence-corrected chi connectivity index (χ4v) is 1.65. The number of carbonyl (C=O) groups is 1. The molecule has 0 radical (unpaired) electrons. The molecule has 0 fully saturated rings. The number of halogens is 3. The van der Waals surface area contributed by atoms with Gasteiger partial charge in [0, 0.05) is 36.5 Å². The topological polar surface area (TPSA) is 83.7 Å². The molecule has 0 atom stereocenters. The summed E-state index contributed by atoms with van der Waals surface area (Å²) in [4.78, 5) is 21.3. The third-order valence-corrected chi connectivity index (χ3v) is 2.46. The number of hydrogen-bond acceptors (Lipinski definition) is 4.